The van der Waals surface area contributed by atoms with Gasteiger partial charge in [-0.15, -0.1) is 5.10 Å². The van der Waals surface area contributed by atoms with E-state index in [4.69, 9.17) is 16.6 Å². The maximum atomic E-state index is 11.7. The molecule has 7 nitrogen and oxygen atoms in total. The van der Waals surface area contributed by atoms with Crippen molar-refractivity contribution in [1.29, 1.82) is 0 Å². The Morgan fingerprint density at radius 2 is 2.05 bits per heavy atom. The fraction of sp³-hybridized carbons (Fsp3) is 0. The Morgan fingerprint density at radius 3 is 2.74 bits per heavy atom. The average Bonchev–Trinajstić information content (AvgIpc) is 2.87. The summed E-state index contributed by atoms with van der Waals surface area (Å²) in [5, 5.41) is 12.6. The van der Waals surface area contributed by atoms with E-state index in [1.54, 1.807) is 24.4 Å². The van der Waals surface area contributed by atoms with Gasteiger partial charge < -0.3 is 4.42 Å². The maximum absolute atomic E-state index is 11.7. The summed E-state index contributed by atoms with van der Waals surface area (Å²) in [5.41, 5.74) is 0.974. The van der Waals surface area contributed by atoms with Crippen molar-refractivity contribution in [3.8, 4) is 22.8 Å². The van der Waals surface area contributed by atoms with E-state index in [0.29, 0.717) is 11.4 Å². The third kappa shape index (κ3) is 2.20. The molecule has 2 N–H and O–H groups in total. The van der Waals surface area contributed by atoms with Crippen LogP contribution in [0.5, 0.6) is 0 Å². The molecule has 0 aliphatic heterocycles. The fourth-order valence-corrected chi connectivity index (χ4v) is 1.68. The van der Waals surface area contributed by atoms with Crippen LogP contribution >= 0.6 is 12.2 Å². The topological polar surface area (TPSA) is 100 Å². The van der Waals surface area contributed by atoms with Crippen molar-refractivity contribution in [2.45, 2.75) is 0 Å². The van der Waals surface area contributed by atoms with E-state index in [1.807, 2.05) is 6.07 Å². The summed E-state index contributed by atoms with van der Waals surface area (Å²) in [4.78, 5) is 16.0. The van der Waals surface area contributed by atoms with Gasteiger partial charge in [-0.05, 0) is 30.4 Å². The second-order valence-electron chi connectivity index (χ2n) is 3.63. The molecule has 3 heterocycles. The largest absolute Gasteiger partial charge is 0.409 e. The second-order valence-corrected chi connectivity index (χ2v) is 4.00. The highest BCUT2D eigenvalue weighted by Gasteiger charge is 2.12. The minimum Gasteiger partial charge on any atom is -0.409 e. The summed E-state index contributed by atoms with van der Waals surface area (Å²) in [5.74, 6) is 0.117. The molecule has 0 aromatic carbocycles. The highest BCUT2D eigenvalue weighted by molar-refractivity contribution is 7.71. The molecule has 0 saturated carbocycles. The summed E-state index contributed by atoms with van der Waals surface area (Å²) in [6.07, 6.45) is 1.64. The van der Waals surface area contributed by atoms with Crippen LogP contribution in [0.2, 0.25) is 0 Å². The van der Waals surface area contributed by atoms with E-state index < -0.39 is 5.56 Å². The Bertz CT molecular complexity index is 821. The predicted octanol–water partition coefficient (Wildman–Crippen LogP) is 1.54. The molecular formula is C11H7N5O2S. The molecule has 0 bridgehead atoms. The SMILES string of the molecule is O=c1[nH]nc(-c2ccccn2)cc1-c1n[nH]c(=S)o1. The number of hydrogen-bond donors (Lipinski definition) is 2. The lowest BCUT2D eigenvalue weighted by Gasteiger charge is -1.99. The molecule has 0 atom stereocenters. The fourth-order valence-electron chi connectivity index (χ4n) is 1.56. The molecule has 0 aliphatic carbocycles. The lowest BCUT2D eigenvalue weighted by Crippen LogP contribution is -2.11. The van der Waals surface area contributed by atoms with Crippen LogP contribution in [0, 0.1) is 4.84 Å². The molecule has 0 saturated heterocycles. The third-order valence-corrected chi connectivity index (χ3v) is 2.57. The number of nitrogens with zero attached hydrogens (tertiary/aromatic N) is 3. The highest BCUT2D eigenvalue weighted by Crippen LogP contribution is 2.17. The van der Waals surface area contributed by atoms with E-state index in [2.05, 4.69) is 25.4 Å². The lowest BCUT2D eigenvalue weighted by atomic mass is 10.2. The van der Waals surface area contributed by atoms with Gasteiger partial charge >= 0.3 is 0 Å². The summed E-state index contributed by atoms with van der Waals surface area (Å²) in [6, 6.07) is 6.96. The van der Waals surface area contributed by atoms with Crippen LogP contribution in [0.4, 0.5) is 0 Å². The van der Waals surface area contributed by atoms with Crippen LogP contribution in [-0.4, -0.2) is 25.4 Å². The van der Waals surface area contributed by atoms with Gasteiger partial charge in [-0.1, -0.05) is 6.07 Å². The minimum absolute atomic E-state index is 0.102. The van der Waals surface area contributed by atoms with Crippen molar-refractivity contribution in [3.05, 3.63) is 45.7 Å². The third-order valence-electron chi connectivity index (χ3n) is 2.40. The predicted molar refractivity (Wildman–Crippen MR) is 68.8 cm³/mol. The molecular weight excluding hydrogens is 266 g/mol. The Morgan fingerprint density at radius 1 is 1.16 bits per heavy atom. The zero-order valence-electron chi connectivity index (χ0n) is 9.45. The van der Waals surface area contributed by atoms with Gasteiger partial charge in [0.25, 0.3) is 16.3 Å². The zero-order valence-corrected chi connectivity index (χ0v) is 10.3. The Balaban J connectivity index is 2.16. The molecule has 3 aromatic heterocycles. The van der Waals surface area contributed by atoms with Crippen LogP contribution in [0.15, 0.2) is 39.7 Å². The zero-order chi connectivity index (χ0) is 13.2. The van der Waals surface area contributed by atoms with E-state index >= 15 is 0 Å². The van der Waals surface area contributed by atoms with Crippen molar-refractivity contribution in [1.82, 2.24) is 25.4 Å². The van der Waals surface area contributed by atoms with Gasteiger partial charge in [-0.3, -0.25) is 9.78 Å². The molecule has 0 spiro atoms. The maximum Gasteiger partial charge on any atom is 0.284 e. The quantitative estimate of drug-likeness (QED) is 0.687. The molecule has 3 aromatic rings. The van der Waals surface area contributed by atoms with Gasteiger partial charge in [0, 0.05) is 6.20 Å². The minimum atomic E-state index is -0.412. The van der Waals surface area contributed by atoms with Gasteiger partial charge in [0.2, 0.25) is 0 Å². The molecule has 0 aliphatic rings. The van der Waals surface area contributed by atoms with Crippen molar-refractivity contribution < 1.29 is 4.42 Å². The van der Waals surface area contributed by atoms with Crippen molar-refractivity contribution >= 4 is 12.2 Å². The van der Waals surface area contributed by atoms with Crippen molar-refractivity contribution in [2.75, 3.05) is 0 Å². The Hall–Kier alpha value is -2.61. The van der Waals surface area contributed by atoms with Gasteiger partial charge in [0.1, 0.15) is 11.3 Å². The monoisotopic (exact) mass is 273 g/mol. The van der Waals surface area contributed by atoms with Crippen LogP contribution in [-0.2, 0) is 0 Å². The van der Waals surface area contributed by atoms with Crippen LogP contribution < -0.4 is 5.56 Å². The molecule has 0 amide bonds. The van der Waals surface area contributed by atoms with E-state index in [1.165, 1.54) is 0 Å². The van der Waals surface area contributed by atoms with Crippen LogP contribution in [0.3, 0.4) is 0 Å². The lowest BCUT2D eigenvalue weighted by molar-refractivity contribution is 0.551. The van der Waals surface area contributed by atoms with Gasteiger partial charge in [0.15, 0.2) is 0 Å². The second kappa shape index (κ2) is 4.58. The Labute approximate surface area is 111 Å². The first-order chi connectivity index (χ1) is 9.24. The van der Waals surface area contributed by atoms with Gasteiger partial charge in [0.05, 0.1) is 5.69 Å². The van der Waals surface area contributed by atoms with Gasteiger partial charge in [-0.2, -0.15) is 5.10 Å². The van der Waals surface area contributed by atoms with Crippen molar-refractivity contribution in [3.63, 3.8) is 0 Å². The first-order valence-electron chi connectivity index (χ1n) is 5.31. The molecule has 94 valence electrons. The summed E-state index contributed by atoms with van der Waals surface area (Å²) < 4.78 is 5.12. The molecule has 19 heavy (non-hydrogen) atoms. The smallest absolute Gasteiger partial charge is 0.284 e. The van der Waals surface area contributed by atoms with Crippen LogP contribution in [0.25, 0.3) is 22.8 Å². The first-order valence-corrected chi connectivity index (χ1v) is 5.72. The van der Waals surface area contributed by atoms with Crippen LogP contribution in [0.1, 0.15) is 0 Å². The number of hydrogen-bond acceptors (Lipinski definition) is 6. The van der Waals surface area contributed by atoms with E-state index in [0.717, 1.165) is 0 Å². The number of pyridine rings is 1. The average molecular weight is 273 g/mol. The van der Waals surface area contributed by atoms with Crippen molar-refractivity contribution in [2.24, 2.45) is 0 Å². The molecule has 0 fully saturated rings. The van der Waals surface area contributed by atoms with E-state index in [9.17, 15) is 4.79 Å². The normalized spacial score (nSPS) is 10.5. The number of H-pyrrole nitrogens is 2. The first kappa shape index (κ1) is 11.5. The number of aromatic amines is 2. The number of aromatic nitrogens is 5. The summed E-state index contributed by atoms with van der Waals surface area (Å²) >= 11 is 4.78. The summed E-state index contributed by atoms with van der Waals surface area (Å²) in [6.45, 7) is 0. The number of rotatable bonds is 2. The summed E-state index contributed by atoms with van der Waals surface area (Å²) in [7, 11) is 0. The Kier molecular flexibility index (Phi) is 2.76. The van der Waals surface area contributed by atoms with E-state index in [-0.39, 0.29) is 16.3 Å². The standard InChI is InChI=1S/C11H7N5O2S/c17-9-6(10-15-16-11(19)18-10)5-8(13-14-9)7-3-1-2-4-12-7/h1-5H,(H,14,17)(H,16,19). The molecule has 0 unspecified atom stereocenters. The molecule has 8 heteroatoms. The number of nitrogens with one attached hydrogen (secondary N) is 2. The molecule has 0 radical (unpaired) electrons. The molecule has 3 rings (SSSR count). The van der Waals surface area contributed by atoms with Gasteiger partial charge in [-0.25, -0.2) is 10.2 Å². The highest BCUT2D eigenvalue weighted by atomic mass is 32.1.